The van der Waals surface area contributed by atoms with E-state index >= 15 is 0 Å². The number of benzene rings is 2. The van der Waals surface area contributed by atoms with Gasteiger partial charge >= 0.3 is 5.97 Å². The van der Waals surface area contributed by atoms with Crippen LogP contribution in [-0.2, 0) is 22.4 Å². The molecule has 0 saturated carbocycles. The normalized spacial score (nSPS) is 11.2. The third-order valence-electron chi connectivity index (χ3n) is 3.51. The van der Waals surface area contributed by atoms with E-state index in [4.69, 9.17) is 16.3 Å². The number of halogens is 2. The maximum Gasteiger partial charge on any atom is 0.310 e. The smallest absolute Gasteiger partial charge is 0.310 e. The molecular weight excluding hydrogens is 343 g/mol. The van der Waals surface area contributed by atoms with Crippen molar-refractivity contribution >= 4 is 23.9 Å². The van der Waals surface area contributed by atoms with Crippen molar-refractivity contribution < 1.29 is 18.7 Å². The summed E-state index contributed by atoms with van der Waals surface area (Å²) in [5, 5.41) is 0.101. The summed E-state index contributed by atoms with van der Waals surface area (Å²) in [5.41, 5.74) is 1.45. The van der Waals surface area contributed by atoms with E-state index in [1.807, 2.05) is 45.0 Å². The Morgan fingerprint density at radius 3 is 2.28 bits per heavy atom. The topological polar surface area (TPSA) is 43.4 Å². The Bertz CT molecular complexity index is 777. The van der Waals surface area contributed by atoms with E-state index in [2.05, 4.69) is 0 Å². The second kappa shape index (κ2) is 7.79. The van der Waals surface area contributed by atoms with Crippen LogP contribution in [0.2, 0.25) is 5.02 Å². The largest absolute Gasteiger partial charge is 0.460 e. The lowest BCUT2D eigenvalue weighted by molar-refractivity contribution is -0.153. The van der Waals surface area contributed by atoms with Crippen LogP contribution in [0.4, 0.5) is 4.39 Å². The summed E-state index contributed by atoms with van der Waals surface area (Å²) in [5.74, 6) is -0.889. The van der Waals surface area contributed by atoms with Crippen LogP contribution in [0.5, 0.6) is 0 Å². The third-order valence-corrected chi connectivity index (χ3v) is 3.84. The minimum atomic E-state index is -0.597. The van der Waals surface area contributed by atoms with E-state index < -0.39 is 11.4 Å². The number of hydrogen-bond acceptors (Lipinski definition) is 3. The van der Waals surface area contributed by atoms with Crippen LogP contribution >= 0.6 is 11.6 Å². The van der Waals surface area contributed by atoms with Gasteiger partial charge in [0.05, 0.1) is 17.0 Å². The molecule has 0 N–H and O–H groups in total. The molecule has 0 aromatic heterocycles. The minimum Gasteiger partial charge on any atom is -0.460 e. The van der Waals surface area contributed by atoms with Crippen LogP contribution < -0.4 is 0 Å². The van der Waals surface area contributed by atoms with E-state index in [0.717, 1.165) is 11.1 Å². The Balaban J connectivity index is 2.09. The SMILES string of the molecule is CC(C)(C)OC(=O)Cc1ccc(Cc2ccc(Cl)c(C=O)c2F)cc1. The molecule has 0 radical (unpaired) electrons. The minimum absolute atomic E-state index is 0.101. The van der Waals surface area contributed by atoms with Crippen LogP contribution in [0.1, 0.15) is 47.8 Å². The van der Waals surface area contributed by atoms with Gasteiger partial charge in [0, 0.05) is 6.42 Å². The van der Waals surface area contributed by atoms with Crippen molar-refractivity contribution in [3.05, 3.63) is 69.5 Å². The average molecular weight is 363 g/mol. The molecule has 0 aliphatic heterocycles. The molecule has 0 saturated heterocycles. The number of esters is 1. The van der Waals surface area contributed by atoms with Gasteiger partial charge in [0.25, 0.3) is 0 Å². The summed E-state index contributed by atoms with van der Waals surface area (Å²) in [6.07, 6.45) is 0.934. The molecule has 0 aliphatic carbocycles. The first-order chi connectivity index (χ1) is 11.7. The third kappa shape index (κ3) is 5.40. The highest BCUT2D eigenvalue weighted by atomic mass is 35.5. The lowest BCUT2D eigenvalue weighted by Crippen LogP contribution is -2.24. The Morgan fingerprint density at radius 1 is 1.12 bits per heavy atom. The Hall–Kier alpha value is -2.20. The maximum absolute atomic E-state index is 14.3. The van der Waals surface area contributed by atoms with Gasteiger partial charge < -0.3 is 4.74 Å². The summed E-state index contributed by atoms with van der Waals surface area (Å²) in [7, 11) is 0. The standard InChI is InChI=1S/C20H20ClFO3/c1-20(2,3)25-18(24)11-14-6-4-13(5-7-14)10-15-8-9-17(21)16(12-23)19(15)22/h4-9,12H,10-11H2,1-3H3. The van der Waals surface area contributed by atoms with Gasteiger partial charge in [-0.15, -0.1) is 0 Å². The highest BCUT2D eigenvalue weighted by molar-refractivity contribution is 6.33. The highest BCUT2D eigenvalue weighted by Crippen LogP contribution is 2.23. The van der Waals surface area contributed by atoms with Crippen molar-refractivity contribution in [3.8, 4) is 0 Å². The molecule has 0 heterocycles. The van der Waals surface area contributed by atoms with Crippen LogP contribution in [0.25, 0.3) is 0 Å². The molecular formula is C20H20ClFO3. The molecule has 0 aliphatic rings. The summed E-state index contributed by atoms with van der Waals surface area (Å²) in [6, 6.07) is 10.4. The van der Waals surface area contributed by atoms with Gasteiger partial charge in [-0.05, 0) is 43.5 Å². The predicted octanol–water partition coefficient (Wildman–Crippen LogP) is 4.77. The van der Waals surface area contributed by atoms with E-state index in [0.29, 0.717) is 18.3 Å². The molecule has 2 aromatic rings. The summed E-state index contributed by atoms with van der Waals surface area (Å²) >= 11 is 5.80. The van der Waals surface area contributed by atoms with Crippen LogP contribution in [-0.4, -0.2) is 17.9 Å². The fourth-order valence-corrected chi connectivity index (χ4v) is 2.59. The van der Waals surface area contributed by atoms with Crippen molar-refractivity contribution in [1.82, 2.24) is 0 Å². The predicted molar refractivity (Wildman–Crippen MR) is 95.6 cm³/mol. The molecule has 0 unspecified atom stereocenters. The zero-order valence-corrected chi connectivity index (χ0v) is 15.2. The summed E-state index contributed by atoms with van der Waals surface area (Å²) in [4.78, 5) is 22.8. The van der Waals surface area contributed by atoms with Crippen LogP contribution in [0.3, 0.4) is 0 Å². The van der Waals surface area contributed by atoms with Gasteiger partial charge in [0.2, 0.25) is 0 Å². The molecule has 0 fully saturated rings. The van der Waals surface area contributed by atoms with Gasteiger partial charge in [-0.25, -0.2) is 4.39 Å². The van der Waals surface area contributed by atoms with Crippen LogP contribution in [0.15, 0.2) is 36.4 Å². The first-order valence-corrected chi connectivity index (χ1v) is 8.29. The molecule has 0 atom stereocenters. The zero-order chi connectivity index (χ0) is 18.6. The number of rotatable bonds is 5. The molecule has 0 amide bonds. The van der Waals surface area contributed by atoms with E-state index in [1.165, 1.54) is 6.07 Å². The molecule has 0 bridgehead atoms. The molecule has 25 heavy (non-hydrogen) atoms. The van der Waals surface area contributed by atoms with Crippen molar-refractivity contribution in [1.29, 1.82) is 0 Å². The highest BCUT2D eigenvalue weighted by Gasteiger charge is 2.16. The second-order valence-electron chi connectivity index (χ2n) is 6.81. The first-order valence-electron chi connectivity index (χ1n) is 7.91. The van der Waals surface area contributed by atoms with Gasteiger partial charge in [-0.1, -0.05) is 41.9 Å². The Kier molecular flexibility index (Phi) is 5.96. The number of ether oxygens (including phenoxy) is 1. The van der Waals surface area contributed by atoms with Crippen molar-refractivity contribution in [2.75, 3.05) is 0 Å². The van der Waals surface area contributed by atoms with E-state index in [1.54, 1.807) is 6.07 Å². The second-order valence-corrected chi connectivity index (χ2v) is 7.22. The molecule has 5 heteroatoms. The lowest BCUT2D eigenvalue weighted by atomic mass is 10.0. The van der Waals surface area contributed by atoms with E-state index in [-0.39, 0.29) is 23.0 Å². The van der Waals surface area contributed by atoms with E-state index in [9.17, 15) is 14.0 Å². The van der Waals surface area contributed by atoms with Crippen LogP contribution in [0, 0.1) is 5.82 Å². The van der Waals surface area contributed by atoms with Crippen molar-refractivity contribution in [3.63, 3.8) is 0 Å². The zero-order valence-electron chi connectivity index (χ0n) is 14.4. The quantitative estimate of drug-likeness (QED) is 0.568. The van der Waals surface area contributed by atoms with Gasteiger partial charge in [-0.3, -0.25) is 9.59 Å². The first kappa shape index (κ1) is 19.1. The van der Waals surface area contributed by atoms with Gasteiger partial charge in [-0.2, -0.15) is 0 Å². The summed E-state index contributed by atoms with van der Waals surface area (Å²) in [6.45, 7) is 5.47. The van der Waals surface area contributed by atoms with Gasteiger partial charge in [0.1, 0.15) is 11.4 Å². The Morgan fingerprint density at radius 2 is 1.72 bits per heavy atom. The molecule has 132 valence electrons. The molecule has 2 rings (SSSR count). The Labute approximate surface area is 151 Å². The monoisotopic (exact) mass is 362 g/mol. The number of aldehydes is 1. The lowest BCUT2D eigenvalue weighted by Gasteiger charge is -2.19. The average Bonchev–Trinajstić information content (AvgIpc) is 2.50. The molecule has 0 spiro atoms. The van der Waals surface area contributed by atoms with Gasteiger partial charge in [0.15, 0.2) is 6.29 Å². The number of hydrogen-bond donors (Lipinski definition) is 0. The molecule has 2 aromatic carbocycles. The maximum atomic E-state index is 14.3. The van der Waals surface area contributed by atoms with Crippen molar-refractivity contribution in [2.45, 2.75) is 39.2 Å². The fourth-order valence-electron chi connectivity index (χ4n) is 2.40. The number of carbonyl (C=O) groups excluding carboxylic acids is 2. The molecule has 3 nitrogen and oxygen atoms in total. The fraction of sp³-hybridized carbons (Fsp3) is 0.300. The van der Waals surface area contributed by atoms with Crippen molar-refractivity contribution in [2.24, 2.45) is 0 Å². The summed E-state index contributed by atoms with van der Waals surface area (Å²) < 4.78 is 19.5. The number of carbonyl (C=O) groups is 2.